The molecule has 1 aromatic rings. The minimum atomic E-state index is -3.65. The van der Waals surface area contributed by atoms with Crippen LogP contribution in [0.25, 0.3) is 0 Å². The van der Waals surface area contributed by atoms with Gasteiger partial charge >= 0.3 is 5.97 Å². The second kappa shape index (κ2) is 9.85. The molecule has 0 spiro atoms. The lowest BCUT2D eigenvalue weighted by atomic mass is 9.96. The maximum absolute atomic E-state index is 12.1. The van der Waals surface area contributed by atoms with E-state index in [4.69, 9.17) is 8.92 Å². The maximum Gasteiger partial charge on any atom is 0.309 e. The molecular weight excluding hydrogens is 339 g/mol. The fourth-order valence-corrected chi connectivity index (χ4v) is 3.43. The van der Waals surface area contributed by atoms with Crippen molar-refractivity contribution in [3.63, 3.8) is 0 Å². The first-order valence-electron chi connectivity index (χ1n) is 7.37. The van der Waals surface area contributed by atoms with E-state index in [1.165, 1.54) is 0 Å². The van der Waals surface area contributed by atoms with E-state index in [0.29, 0.717) is 12.8 Å². The SMILES string of the molecule is CCOC(=O)C(CCc1ccccc1)C(COS(C)(=O)=O)[PH2]=O. The molecule has 0 fully saturated rings. The van der Waals surface area contributed by atoms with Crippen molar-refractivity contribution in [2.45, 2.75) is 25.4 Å². The van der Waals surface area contributed by atoms with Gasteiger partial charge in [-0.25, -0.2) is 0 Å². The summed E-state index contributed by atoms with van der Waals surface area (Å²) in [6, 6.07) is 9.58. The van der Waals surface area contributed by atoms with E-state index in [1.807, 2.05) is 30.3 Å². The second-order valence-corrected chi connectivity index (χ2v) is 7.94. The fourth-order valence-electron chi connectivity index (χ4n) is 2.18. The highest BCUT2D eigenvalue weighted by Crippen LogP contribution is 2.25. The van der Waals surface area contributed by atoms with Crippen LogP contribution in [0.4, 0.5) is 0 Å². The summed E-state index contributed by atoms with van der Waals surface area (Å²) in [6.07, 6.45) is 1.96. The van der Waals surface area contributed by atoms with Gasteiger partial charge in [-0.1, -0.05) is 30.3 Å². The summed E-state index contributed by atoms with van der Waals surface area (Å²) < 4.78 is 43.5. The molecule has 3 atom stereocenters. The van der Waals surface area contributed by atoms with E-state index in [0.717, 1.165) is 11.8 Å². The molecule has 0 amide bonds. The van der Waals surface area contributed by atoms with Crippen LogP contribution in [0.5, 0.6) is 0 Å². The molecule has 0 radical (unpaired) electrons. The number of ether oxygens (including phenoxy) is 1. The van der Waals surface area contributed by atoms with Crippen molar-refractivity contribution in [3.8, 4) is 0 Å². The molecule has 0 saturated carbocycles. The summed E-state index contributed by atoms with van der Waals surface area (Å²) in [6.45, 7) is 1.64. The van der Waals surface area contributed by atoms with Gasteiger partial charge in [0.05, 0.1) is 33.8 Å². The Bertz CT molecular complexity index is 602. The zero-order valence-corrected chi connectivity index (χ0v) is 15.3. The highest BCUT2D eigenvalue weighted by atomic mass is 32.2. The van der Waals surface area contributed by atoms with E-state index < -0.39 is 36.1 Å². The third-order valence-corrected chi connectivity index (χ3v) is 4.91. The molecule has 0 aliphatic rings. The first-order chi connectivity index (χ1) is 10.9. The molecule has 23 heavy (non-hydrogen) atoms. The van der Waals surface area contributed by atoms with Gasteiger partial charge in [0, 0.05) is 5.66 Å². The lowest BCUT2D eigenvalue weighted by molar-refractivity contribution is -0.148. The van der Waals surface area contributed by atoms with Crippen LogP contribution in [0, 0.1) is 5.92 Å². The van der Waals surface area contributed by atoms with Crippen LogP contribution in [0.3, 0.4) is 0 Å². The minimum Gasteiger partial charge on any atom is -0.466 e. The van der Waals surface area contributed by atoms with Crippen LogP contribution in [0.15, 0.2) is 30.3 Å². The summed E-state index contributed by atoms with van der Waals surface area (Å²) in [5.74, 6) is -1.11. The molecule has 1 aromatic carbocycles. The molecule has 8 heteroatoms. The number of aryl methyl sites for hydroxylation is 1. The van der Waals surface area contributed by atoms with Gasteiger partial charge in [-0.15, -0.1) is 0 Å². The average Bonchev–Trinajstić information content (AvgIpc) is 2.50. The highest BCUT2D eigenvalue weighted by Gasteiger charge is 2.30. The van der Waals surface area contributed by atoms with Crippen molar-refractivity contribution in [2.75, 3.05) is 19.5 Å². The van der Waals surface area contributed by atoms with Gasteiger partial charge in [0.15, 0.2) is 0 Å². The van der Waals surface area contributed by atoms with E-state index >= 15 is 0 Å². The number of hydrogen-bond donors (Lipinski definition) is 0. The largest absolute Gasteiger partial charge is 0.466 e. The molecule has 3 unspecified atom stereocenters. The number of hydrogen-bond acceptors (Lipinski definition) is 6. The third-order valence-electron chi connectivity index (χ3n) is 3.34. The summed E-state index contributed by atoms with van der Waals surface area (Å²) in [7, 11) is -5.02. The number of benzene rings is 1. The molecule has 0 aliphatic heterocycles. The number of esters is 1. The molecule has 0 aliphatic carbocycles. The Morgan fingerprint density at radius 3 is 2.43 bits per heavy atom. The summed E-state index contributed by atoms with van der Waals surface area (Å²) in [5.41, 5.74) is 0.387. The maximum atomic E-state index is 12.1. The number of carbonyl (C=O) groups excluding carboxylic acids is 1. The molecule has 0 bridgehead atoms. The third kappa shape index (κ3) is 7.77. The van der Waals surface area contributed by atoms with Crippen LogP contribution in [0.1, 0.15) is 18.9 Å². The minimum absolute atomic E-state index is 0.217. The van der Waals surface area contributed by atoms with Crippen molar-refractivity contribution in [1.82, 2.24) is 0 Å². The Hall–Kier alpha value is -1.17. The standard InChI is InChI=1S/C15H23O6PS/c1-3-20-15(16)13(10-9-12-7-5-4-6-8-12)14(22-17)11-21-23(2,18)19/h4-8,13-14H,3,9-11,22H2,1-2H3. The van der Waals surface area contributed by atoms with Crippen LogP contribution in [-0.4, -0.2) is 39.5 Å². The van der Waals surface area contributed by atoms with Crippen molar-refractivity contribution in [2.24, 2.45) is 5.92 Å². The van der Waals surface area contributed by atoms with Gasteiger partial charge < -0.3 is 9.30 Å². The summed E-state index contributed by atoms with van der Waals surface area (Å²) in [4.78, 5) is 12.1. The fraction of sp³-hybridized carbons (Fsp3) is 0.533. The molecule has 0 N–H and O–H groups in total. The van der Waals surface area contributed by atoms with E-state index in [-0.39, 0.29) is 13.2 Å². The number of carbonyl (C=O) groups is 1. The molecule has 1 rings (SSSR count). The monoisotopic (exact) mass is 362 g/mol. The van der Waals surface area contributed by atoms with Gasteiger partial charge in [-0.2, -0.15) is 8.42 Å². The van der Waals surface area contributed by atoms with Crippen LogP contribution >= 0.6 is 8.46 Å². The van der Waals surface area contributed by atoms with Gasteiger partial charge in [0.2, 0.25) is 0 Å². The van der Waals surface area contributed by atoms with E-state index in [9.17, 15) is 17.8 Å². The molecule has 6 nitrogen and oxygen atoms in total. The molecule has 0 saturated heterocycles. The lowest BCUT2D eigenvalue weighted by Gasteiger charge is -2.21. The van der Waals surface area contributed by atoms with Crippen LogP contribution in [0.2, 0.25) is 0 Å². The zero-order chi connectivity index (χ0) is 17.3. The highest BCUT2D eigenvalue weighted by molar-refractivity contribution is 7.86. The van der Waals surface area contributed by atoms with Gasteiger partial charge in [0.25, 0.3) is 10.1 Å². The molecule has 0 aromatic heterocycles. The van der Waals surface area contributed by atoms with E-state index in [2.05, 4.69) is 0 Å². The smallest absolute Gasteiger partial charge is 0.309 e. The number of rotatable bonds is 10. The normalized spacial score (nSPS) is 14.7. The predicted molar refractivity (Wildman–Crippen MR) is 89.9 cm³/mol. The molecular formula is C15H23O6PS. The van der Waals surface area contributed by atoms with Gasteiger partial charge in [0.1, 0.15) is 0 Å². The summed E-state index contributed by atoms with van der Waals surface area (Å²) >= 11 is 0. The first-order valence-corrected chi connectivity index (χ1v) is 10.3. The van der Waals surface area contributed by atoms with Crippen LogP contribution in [-0.2, 0) is 34.8 Å². The van der Waals surface area contributed by atoms with E-state index in [1.54, 1.807) is 6.92 Å². The van der Waals surface area contributed by atoms with Crippen molar-refractivity contribution >= 4 is 24.5 Å². The van der Waals surface area contributed by atoms with Gasteiger partial charge in [-0.05, 0) is 25.3 Å². The Labute approximate surface area is 138 Å². The van der Waals surface area contributed by atoms with Crippen molar-refractivity contribution in [1.29, 1.82) is 0 Å². The topological polar surface area (TPSA) is 86.7 Å². The Kier molecular flexibility index (Phi) is 8.52. The average molecular weight is 362 g/mol. The quantitative estimate of drug-likeness (QED) is 0.359. The van der Waals surface area contributed by atoms with Gasteiger partial charge in [-0.3, -0.25) is 8.98 Å². The second-order valence-electron chi connectivity index (χ2n) is 5.17. The summed E-state index contributed by atoms with van der Waals surface area (Å²) in [5, 5.41) is 0. The molecule has 0 heterocycles. The predicted octanol–water partition coefficient (Wildman–Crippen LogP) is 1.90. The zero-order valence-electron chi connectivity index (χ0n) is 13.3. The first kappa shape index (κ1) is 19.9. The van der Waals surface area contributed by atoms with Crippen molar-refractivity contribution in [3.05, 3.63) is 35.9 Å². The molecule has 130 valence electrons. The Balaban J connectivity index is 2.80. The lowest BCUT2D eigenvalue weighted by Crippen LogP contribution is -2.31. The Morgan fingerprint density at radius 1 is 1.26 bits per heavy atom. The Morgan fingerprint density at radius 2 is 1.91 bits per heavy atom. The van der Waals surface area contributed by atoms with Crippen molar-refractivity contribution < 1.29 is 26.7 Å². The van der Waals surface area contributed by atoms with Crippen LogP contribution < -0.4 is 0 Å².